The van der Waals surface area contributed by atoms with Crippen molar-refractivity contribution in [2.24, 2.45) is 5.92 Å². The summed E-state index contributed by atoms with van der Waals surface area (Å²) in [5.74, 6) is 0.785. The van der Waals surface area contributed by atoms with Gasteiger partial charge in [-0.2, -0.15) is 0 Å². The predicted octanol–water partition coefficient (Wildman–Crippen LogP) is 1.67. The normalized spacial score (nSPS) is 42.2. The number of rotatable bonds is 5. The van der Waals surface area contributed by atoms with Crippen LogP contribution in [0.15, 0.2) is 0 Å². The smallest absolute Gasteiger partial charge is 0.0621 e. The highest BCUT2D eigenvalue weighted by atomic mass is 16.5. The van der Waals surface area contributed by atoms with Gasteiger partial charge in [-0.1, -0.05) is 0 Å². The Morgan fingerprint density at radius 1 is 1.35 bits per heavy atom. The molecular weight excluding hydrogens is 212 g/mol. The van der Waals surface area contributed by atoms with E-state index in [4.69, 9.17) is 4.74 Å². The topological polar surface area (TPSA) is 33.3 Å². The average Bonchev–Trinajstić information content (AvgIpc) is 3.02. The highest BCUT2D eigenvalue weighted by Gasteiger charge is 2.40. The third-order valence-corrected chi connectivity index (χ3v) is 4.76. The molecule has 3 nitrogen and oxygen atoms in total. The molecule has 3 aliphatic rings. The van der Waals surface area contributed by atoms with Crippen LogP contribution in [0.1, 0.15) is 45.4 Å². The van der Waals surface area contributed by atoms with E-state index in [1.54, 1.807) is 0 Å². The number of ether oxygens (including phenoxy) is 1. The van der Waals surface area contributed by atoms with Crippen molar-refractivity contribution in [1.82, 2.24) is 10.6 Å². The Kier molecular flexibility index (Phi) is 3.69. The third-order valence-electron chi connectivity index (χ3n) is 4.76. The van der Waals surface area contributed by atoms with Crippen molar-refractivity contribution in [3.8, 4) is 0 Å². The van der Waals surface area contributed by atoms with Gasteiger partial charge in [-0.15, -0.1) is 0 Å². The van der Waals surface area contributed by atoms with Crippen molar-refractivity contribution >= 4 is 0 Å². The van der Waals surface area contributed by atoms with E-state index in [0.717, 1.165) is 18.5 Å². The van der Waals surface area contributed by atoms with Crippen molar-refractivity contribution < 1.29 is 4.74 Å². The molecule has 98 valence electrons. The lowest BCUT2D eigenvalue weighted by Gasteiger charge is -2.23. The lowest BCUT2D eigenvalue weighted by molar-refractivity contribution is 0.0919. The highest BCUT2D eigenvalue weighted by molar-refractivity contribution is 4.91. The lowest BCUT2D eigenvalue weighted by atomic mass is 9.89. The molecule has 0 saturated carbocycles. The zero-order chi connectivity index (χ0) is 11.7. The molecule has 0 amide bonds. The zero-order valence-electron chi connectivity index (χ0n) is 11.0. The molecule has 17 heavy (non-hydrogen) atoms. The first-order valence-electron chi connectivity index (χ1n) is 7.43. The molecule has 3 aliphatic heterocycles. The minimum atomic E-state index is 0.573. The van der Waals surface area contributed by atoms with E-state index in [-0.39, 0.29) is 0 Å². The zero-order valence-corrected chi connectivity index (χ0v) is 11.0. The maximum atomic E-state index is 5.90. The minimum absolute atomic E-state index is 0.573. The van der Waals surface area contributed by atoms with Crippen LogP contribution in [0, 0.1) is 5.92 Å². The molecule has 3 rings (SSSR count). The van der Waals surface area contributed by atoms with Crippen molar-refractivity contribution in [2.45, 2.75) is 69.7 Å². The number of hydrogen-bond donors (Lipinski definition) is 2. The van der Waals surface area contributed by atoms with Crippen LogP contribution in [0.25, 0.3) is 0 Å². The van der Waals surface area contributed by atoms with Crippen LogP contribution in [0.2, 0.25) is 0 Å². The SMILES string of the molecule is CC(CC1CCCN1)NCC1CC2CCC1O2. The van der Waals surface area contributed by atoms with E-state index in [0.29, 0.717) is 18.2 Å². The quantitative estimate of drug-likeness (QED) is 0.764. The van der Waals surface area contributed by atoms with Crippen molar-refractivity contribution in [2.75, 3.05) is 13.1 Å². The van der Waals surface area contributed by atoms with Gasteiger partial charge in [0.05, 0.1) is 12.2 Å². The molecule has 2 N–H and O–H groups in total. The summed E-state index contributed by atoms with van der Waals surface area (Å²) in [6.45, 7) is 4.71. The maximum absolute atomic E-state index is 5.90. The van der Waals surface area contributed by atoms with E-state index in [9.17, 15) is 0 Å². The van der Waals surface area contributed by atoms with Gasteiger partial charge in [0, 0.05) is 24.5 Å². The summed E-state index contributed by atoms with van der Waals surface area (Å²) in [5.41, 5.74) is 0. The predicted molar refractivity (Wildman–Crippen MR) is 69.1 cm³/mol. The molecule has 0 radical (unpaired) electrons. The van der Waals surface area contributed by atoms with E-state index in [1.807, 2.05) is 0 Å². The summed E-state index contributed by atoms with van der Waals surface area (Å²) in [4.78, 5) is 0. The molecule has 3 saturated heterocycles. The molecule has 3 heterocycles. The Morgan fingerprint density at radius 2 is 2.29 bits per heavy atom. The Labute approximate surface area is 105 Å². The molecule has 0 aromatic rings. The Balaban J connectivity index is 1.36. The molecule has 0 aromatic heterocycles. The van der Waals surface area contributed by atoms with Crippen molar-refractivity contribution in [3.63, 3.8) is 0 Å². The second-order valence-electron chi connectivity index (χ2n) is 6.21. The van der Waals surface area contributed by atoms with Crippen LogP contribution in [0.3, 0.4) is 0 Å². The molecule has 3 heteroatoms. The second-order valence-corrected chi connectivity index (χ2v) is 6.21. The summed E-state index contributed by atoms with van der Waals surface area (Å²) in [6, 6.07) is 1.40. The van der Waals surface area contributed by atoms with Crippen molar-refractivity contribution in [1.29, 1.82) is 0 Å². The van der Waals surface area contributed by atoms with Crippen LogP contribution in [0.4, 0.5) is 0 Å². The largest absolute Gasteiger partial charge is 0.375 e. The van der Waals surface area contributed by atoms with Gasteiger partial charge < -0.3 is 15.4 Å². The summed E-state index contributed by atoms with van der Waals surface area (Å²) in [7, 11) is 0. The Hall–Kier alpha value is -0.120. The summed E-state index contributed by atoms with van der Waals surface area (Å²) in [6.07, 6.45) is 9.08. The van der Waals surface area contributed by atoms with E-state index in [1.165, 1.54) is 45.1 Å². The van der Waals surface area contributed by atoms with Crippen LogP contribution in [-0.2, 0) is 4.74 Å². The molecule has 0 aromatic carbocycles. The summed E-state index contributed by atoms with van der Waals surface area (Å²) < 4.78 is 5.90. The molecule has 3 fully saturated rings. The summed E-state index contributed by atoms with van der Waals surface area (Å²) >= 11 is 0. The fourth-order valence-corrected chi connectivity index (χ4v) is 3.78. The first kappa shape index (κ1) is 11.9. The number of nitrogens with one attached hydrogen (secondary N) is 2. The third kappa shape index (κ3) is 2.83. The van der Waals surface area contributed by atoms with Crippen LogP contribution in [-0.4, -0.2) is 37.4 Å². The lowest BCUT2D eigenvalue weighted by Crippen LogP contribution is -2.38. The van der Waals surface area contributed by atoms with Crippen LogP contribution < -0.4 is 10.6 Å². The standard InChI is InChI=1S/C14H26N2O/c1-10(7-12-3-2-6-15-12)16-9-11-8-13-4-5-14(11)17-13/h10-16H,2-9H2,1H3. The van der Waals surface area contributed by atoms with Gasteiger partial charge >= 0.3 is 0 Å². The number of hydrogen-bond acceptors (Lipinski definition) is 3. The van der Waals surface area contributed by atoms with E-state index < -0.39 is 0 Å². The molecule has 0 aliphatic carbocycles. The Morgan fingerprint density at radius 3 is 2.94 bits per heavy atom. The fourth-order valence-electron chi connectivity index (χ4n) is 3.78. The molecule has 0 spiro atoms. The van der Waals surface area contributed by atoms with Crippen molar-refractivity contribution in [3.05, 3.63) is 0 Å². The first-order chi connectivity index (χ1) is 8.31. The number of fused-ring (bicyclic) bond motifs is 2. The van der Waals surface area contributed by atoms with E-state index >= 15 is 0 Å². The fraction of sp³-hybridized carbons (Fsp3) is 1.00. The highest BCUT2D eigenvalue weighted by Crippen LogP contribution is 2.38. The molecule has 5 unspecified atom stereocenters. The second kappa shape index (κ2) is 5.25. The molecule has 5 atom stereocenters. The van der Waals surface area contributed by atoms with Gasteiger partial charge in [-0.25, -0.2) is 0 Å². The van der Waals surface area contributed by atoms with Gasteiger partial charge in [-0.3, -0.25) is 0 Å². The molecular formula is C14H26N2O. The van der Waals surface area contributed by atoms with Crippen LogP contribution in [0.5, 0.6) is 0 Å². The average molecular weight is 238 g/mol. The van der Waals surface area contributed by atoms with Gasteiger partial charge in [0.15, 0.2) is 0 Å². The van der Waals surface area contributed by atoms with Gasteiger partial charge in [0.1, 0.15) is 0 Å². The van der Waals surface area contributed by atoms with Gasteiger partial charge in [0.25, 0.3) is 0 Å². The summed E-state index contributed by atoms with van der Waals surface area (Å²) in [5, 5.41) is 7.29. The maximum Gasteiger partial charge on any atom is 0.0621 e. The van der Waals surface area contributed by atoms with Gasteiger partial charge in [0.2, 0.25) is 0 Å². The molecule has 2 bridgehead atoms. The van der Waals surface area contributed by atoms with E-state index in [2.05, 4.69) is 17.6 Å². The first-order valence-corrected chi connectivity index (χ1v) is 7.43. The Bertz CT molecular complexity index is 253. The van der Waals surface area contributed by atoms with Gasteiger partial charge in [-0.05, 0) is 52.0 Å². The minimum Gasteiger partial charge on any atom is -0.375 e. The monoisotopic (exact) mass is 238 g/mol. The van der Waals surface area contributed by atoms with Crippen LogP contribution >= 0.6 is 0 Å².